The van der Waals surface area contributed by atoms with E-state index < -0.39 is 11.8 Å². The number of hydrogen-bond acceptors (Lipinski definition) is 5. The monoisotopic (exact) mass is 304 g/mol. The highest BCUT2D eigenvalue weighted by atomic mass is 32.1. The molecule has 0 saturated carbocycles. The van der Waals surface area contributed by atoms with E-state index in [2.05, 4.69) is 15.3 Å². The molecule has 2 heterocycles. The number of halogens is 1. The van der Waals surface area contributed by atoms with Crippen molar-refractivity contribution >= 4 is 17.3 Å². The summed E-state index contributed by atoms with van der Waals surface area (Å²) in [5.41, 5.74) is 2.41. The van der Waals surface area contributed by atoms with Crippen LogP contribution < -0.4 is 0 Å². The number of carboxylic acids is 1. The molecule has 0 aliphatic carbocycles. The topological polar surface area (TPSA) is 80.9 Å². The van der Waals surface area contributed by atoms with Gasteiger partial charge in [0.05, 0.1) is 12.1 Å². The van der Waals surface area contributed by atoms with Crippen molar-refractivity contribution in [3.8, 4) is 11.3 Å². The van der Waals surface area contributed by atoms with Crippen molar-refractivity contribution in [2.24, 2.45) is 0 Å². The van der Waals surface area contributed by atoms with E-state index in [1.54, 1.807) is 11.7 Å². The third-order valence-electron chi connectivity index (χ3n) is 2.84. The summed E-state index contributed by atoms with van der Waals surface area (Å²) in [6.07, 6.45) is 1.68. The Kier molecular flexibility index (Phi) is 3.44. The molecule has 0 atom stereocenters. The molecule has 1 N–H and O–H groups in total. The quantitative estimate of drug-likeness (QED) is 0.800. The highest BCUT2D eigenvalue weighted by Gasteiger charge is 2.21. The summed E-state index contributed by atoms with van der Waals surface area (Å²) in [5.74, 6) is -1.57. The van der Waals surface area contributed by atoms with Crippen molar-refractivity contribution < 1.29 is 14.3 Å². The molecule has 0 aliphatic heterocycles. The molecule has 6 nitrogen and oxygen atoms in total. The minimum atomic E-state index is -1.18. The lowest BCUT2D eigenvalue weighted by molar-refractivity contribution is 0.0691. The third kappa shape index (κ3) is 2.65. The number of carboxylic acid groups (broad SMARTS) is 1. The Morgan fingerprint density at radius 2 is 2.10 bits per heavy atom. The zero-order valence-corrected chi connectivity index (χ0v) is 11.4. The van der Waals surface area contributed by atoms with E-state index in [1.807, 2.05) is 0 Å². The fourth-order valence-corrected chi connectivity index (χ4v) is 2.50. The molecule has 21 heavy (non-hydrogen) atoms. The first-order valence-corrected chi connectivity index (χ1v) is 6.83. The van der Waals surface area contributed by atoms with Gasteiger partial charge >= 0.3 is 5.97 Å². The second-order valence-electron chi connectivity index (χ2n) is 4.22. The van der Waals surface area contributed by atoms with Crippen LogP contribution in [0.1, 0.15) is 15.4 Å². The Morgan fingerprint density at radius 1 is 1.33 bits per heavy atom. The van der Waals surface area contributed by atoms with E-state index in [9.17, 15) is 14.3 Å². The maximum atomic E-state index is 13.0. The lowest BCUT2D eigenvalue weighted by Crippen LogP contribution is -2.05. The molecule has 0 aliphatic rings. The van der Waals surface area contributed by atoms with E-state index in [1.165, 1.54) is 40.3 Å². The first-order chi connectivity index (χ1) is 10.1. The summed E-state index contributed by atoms with van der Waals surface area (Å²) in [4.78, 5) is 16.2. The summed E-state index contributed by atoms with van der Waals surface area (Å²) in [6, 6.07) is 5.54. The van der Waals surface area contributed by atoms with Gasteiger partial charge in [0.1, 0.15) is 11.5 Å². The molecule has 1 aromatic carbocycles. The molecule has 0 radical (unpaired) electrons. The summed E-state index contributed by atoms with van der Waals surface area (Å²) < 4.78 is 14.5. The van der Waals surface area contributed by atoms with Gasteiger partial charge in [0.25, 0.3) is 0 Å². The molecule has 3 rings (SSSR count). The van der Waals surface area contributed by atoms with Crippen LogP contribution in [0.2, 0.25) is 0 Å². The number of benzene rings is 1. The van der Waals surface area contributed by atoms with Gasteiger partial charge in [-0.2, -0.15) is 0 Å². The van der Waals surface area contributed by atoms with E-state index >= 15 is 0 Å². The Morgan fingerprint density at radius 3 is 2.71 bits per heavy atom. The molecular weight excluding hydrogens is 295 g/mol. The number of carbonyl (C=O) groups is 1. The van der Waals surface area contributed by atoms with E-state index in [-0.39, 0.29) is 5.69 Å². The highest BCUT2D eigenvalue weighted by Crippen LogP contribution is 2.24. The van der Waals surface area contributed by atoms with Gasteiger partial charge in [0.2, 0.25) is 0 Å². The molecule has 8 heteroatoms. The van der Waals surface area contributed by atoms with Crippen LogP contribution in [0.5, 0.6) is 0 Å². The van der Waals surface area contributed by atoms with Crippen LogP contribution in [-0.2, 0) is 6.54 Å². The third-order valence-corrected chi connectivity index (χ3v) is 3.61. The zero-order valence-electron chi connectivity index (χ0n) is 10.6. The molecule has 0 unspecified atom stereocenters. The van der Waals surface area contributed by atoms with Gasteiger partial charge in [-0.3, -0.25) is 4.98 Å². The highest BCUT2D eigenvalue weighted by molar-refractivity contribution is 7.09. The smallest absolute Gasteiger partial charge is 0.358 e. The number of hydrogen-bond donors (Lipinski definition) is 1. The number of aromatic nitrogens is 4. The van der Waals surface area contributed by atoms with E-state index in [0.717, 1.165) is 4.88 Å². The van der Waals surface area contributed by atoms with Crippen LogP contribution in [0.25, 0.3) is 11.3 Å². The maximum absolute atomic E-state index is 13.0. The van der Waals surface area contributed by atoms with Crippen LogP contribution in [0, 0.1) is 5.82 Å². The summed E-state index contributed by atoms with van der Waals surface area (Å²) >= 11 is 1.43. The molecule has 3 aromatic rings. The van der Waals surface area contributed by atoms with Crippen molar-refractivity contribution in [2.45, 2.75) is 6.54 Å². The van der Waals surface area contributed by atoms with Crippen LogP contribution in [0.15, 0.2) is 36.0 Å². The minimum Gasteiger partial charge on any atom is -0.476 e. The Labute approximate surface area is 122 Å². The predicted molar refractivity (Wildman–Crippen MR) is 73.6 cm³/mol. The Bertz CT molecular complexity index is 768. The van der Waals surface area contributed by atoms with Gasteiger partial charge in [-0.05, 0) is 24.3 Å². The van der Waals surface area contributed by atoms with Crippen molar-refractivity contribution in [2.75, 3.05) is 0 Å². The van der Waals surface area contributed by atoms with Gasteiger partial charge in [-0.15, -0.1) is 16.4 Å². The van der Waals surface area contributed by atoms with Crippen LogP contribution in [0.3, 0.4) is 0 Å². The van der Waals surface area contributed by atoms with Crippen molar-refractivity contribution in [1.29, 1.82) is 0 Å². The molecule has 2 aromatic heterocycles. The van der Waals surface area contributed by atoms with Gasteiger partial charge in [-0.1, -0.05) is 5.21 Å². The zero-order chi connectivity index (χ0) is 14.8. The largest absolute Gasteiger partial charge is 0.476 e. The van der Waals surface area contributed by atoms with E-state index in [4.69, 9.17) is 0 Å². The standard InChI is InChI=1S/C13H9FN4O2S/c14-9-3-1-8(2-4-9)12-11(13(19)20)16-17-18(12)6-10-5-15-7-21-10/h1-5,7H,6H2,(H,19,20). The van der Waals surface area contributed by atoms with Gasteiger partial charge in [0.15, 0.2) is 5.69 Å². The average Bonchev–Trinajstić information content (AvgIpc) is 3.10. The molecule has 106 valence electrons. The molecule has 0 saturated heterocycles. The average molecular weight is 304 g/mol. The van der Waals surface area contributed by atoms with Gasteiger partial charge in [0, 0.05) is 16.6 Å². The fraction of sp³-hybridized carbons (Fsp3) is 0.0769. The first-order valence-electron chi connectivity index (χ1n) is 5.95. The van der Waals surface area contributed by atoms with Crippen molar-refractivity contribution in [1.82, 2.24) is 20.0 Å². The molecule has 0 spiro atoms. The maximum Gasteiger partial charge on any atom is 0.358 e. The molecule has 0 fully saturated rings. The number of thiazole rings is 1. The van der Waals surface area contributed by atoms with Crippen LogP contribution in [0.4, 0.5) is 4.39 Å². The first kappa shape index (κ1) is 13.4. The molecule has 0 bridgehead atoms. The summed E-state index contributed by atoms with van der Waals surface area (Å²) in [7, 11) is 0. The minimum absolute atomic E-state index is 0.161. The number of nitrogens with zero attached hydrogens (tertiary/aromatic N) is 4. The predicted octanol–water partition coefficient (Wildman–Crippen LogP) is 2.29. The van der Waals surface area contributed by atoms with Crippen LogP contribution in [-0.4, -0.2) is 31.1 Å². The van der Waals surface area contributed by atoms with Crippen molar-refractivity contribution in [3.63, 3.8) is 0 Å². The SMILES string of the molecule is O=C(O)c1nnn(Cc2cncs2)c1-c1ccc(F)cc1. The molecular formula is C13H9FN4O2S. The number of rotatable bonds is 4. The lowest BCUT2D eigenvalue weighted by atomic mass is 10.1. The second kappa shape index (κ2) is 5.41. The molecule has 0 amide bonds. The number of aromatic carboxylic acids is 1. The summed E-state index contributed by atoms with van der Waals surface area (Å²) in [5, 5.41) is 16.8. The normalized spacial score (nSPS) is 10.7. The van der Waals surface area contributed by atoms with Gasteiger partial charge in [-0.25, -0.2) is 13.9 Å². The van der Waals surface area contributed by atoms with Crippen molar-refractivity contribution in [3.05, 3.63) is 52.4 Å². The summed E-state index contributed by atoms with van der Waals surface area (Å²) in [6.45, 7) is 0.359. The lowest BCUT2D eigenvalue weighted by Gasteiger charge is -2.06. The van der Waals surface area contributed by atoms with Crippen LogP contribution >= 0.6 is 11.3 Å². The second-order valence-corrected chi connectivity index (χ2v) is 5.19. The fourth-order valence-electron chi connectivity index (χ4n) is 1.93. The van der Waals surface area contributed by atoms with E-state index in [0.29, 0.717) is 17.8 Å². The Balaban J connectivity index is 2.08. The Hall–Kier alpha value is -2.61. The van der Waals surface area contributed by atoms with Gasteiger partial charge < -0.3 is 5.11 Å².